The van der Waals surface area contributed by atoms with E-state index in [1.54, 1.807) is 19.4 Å². The predicted octanol–water partition coefficient (Wildman–Crippen LogP) is 1.56. The van der Waals surface area contributed by atoms with E-state index in [9.17, 15) is 0 Å². The van der Waals surface area contributed by atoms with Crippen LogP contribution >= 0.6 is 0 Å². The highest BCUT2D eigenvalue weighted by Crippen LogP contribution is 2.13. The van der Waals surface area contributed by atoms with Crippen molar-refractivity contribution in [3.63, 3.8) is 0 Å². The Morgan fingerprint density at radius 2 is 2.22 bits per heavy atom. The molecule has 2 aromatic rings. The maximum absolute atomic E-state index is 5.53. The minimum Gasteiger partial charge on any atom is -0.497 e. The second kappa shape index (κ2) is 5.97. The molecule has 1 aromatic carbocycles. The van der Waals surface area contributed by atoms with Crippen LogP contribution < -0.4 is 15.8 Å². The highest BCUT2D eigenvalue weighted by atomic mass is 16.5. The van der Waals surface area contributed by atoms with Crippen molar-refractivity contribution in [2.75, 3.05) is 12.4 Å². The van der Waals surface area contributed by atoms with Gasteiger partial charge in [0.1, 0.15) is 5.75 Å². The quantitative estimate of drug-likeness (QED) is 0.835. The Hall–Kier alpha value is -2.14. The third kappa shape index (κ3) is 3.18. The fourth-order valence-electron chi connectivity index (χ4n) is 1.56. The fraction of sp³-hybridized carbons (Fsp3) is 0.231. The van der Waals surface area contributed by atoms with Crippen LogP contribution in [0.2, 0.25) is 0 Å². The summed E-state index contributed by atoms with van der Waals surface area (Å²) in [6, 6.07) is 9.65. The third-order valence-corrected chi connectivity index (χ3v) is 2.51. The molecule has 0 saturated heterocycles. The van der Waals surface area contributed by atoms with Gasteiger partial charge in [-0.1, -0.05) is 12.1 Å². The summed E-state index contributed by atoms with van der Waals surface area (Å²) < 4.78 is 5.17. The van der Waals surface area contributed by atoms with Gasteiger partial charge in [0.2, 0.25) is 5.95 Å². The molecule has 0 aliphatic rings. The number of ether oxygens (including phenoxy) is 1. The van der Waals surface area contributed by atoms with Crippen LogP contribution in [0.1, 0.15) is 11.3 Å². The lowest BCUT2D eigenvalue weighted by atomic mass is 10.2. The van der Waals surface area contributed by atoms with Crippen LogP contribution in [0.15, 0.2) is 36.5 Å². The van der Waals surface area contributed by atoms with Gasteiger partial charge in [0.05, 0.1) is 12.8 Å². The molecule has 0 spiro atoms. The molecule has 0 saturated carbocycles. The molecule has 0 aliphatic heterocycles. The topological polar surface area (TPSA) is 73.1 Å². The molecule has 94 valence electrons. The predicted molar refractivity (Wildman–Crippen MR) is 70.2 cm³/mol. The Morgan fingerprint density at radius 3 is 3.00 bits per heavy atom. The normalized spacial score (nSPS) is 10.1. The van der Waals surface area contributed by atoms with Crippen LogP contribution in [0.25, 0.3) is 0 Å². The van der Waals surface area contributed by atoms with E-state index in [2.05, 4.69) is 15.3 Å². The van der Waals surface area contributed by atoms with Gasteiger partial charge >= 0.3 is 0 Å². The number of methoxy groups -OCH3 is 1. The summed E-state index contributed by atoms with van der Waals surface area (Å²) in [6.07, 6.45) is 1.70. The van der Waals surface area contributed by atoms with Gasteiger partial charge in [0, 0.05) is 19.3 Å². The molecule has 2 rings (SSSR count). The average Bonchev–Trinajstić information content (AvgIpc) is 2.45. The number of nitrogens with zero attached hydrogens (tertiary/aromatic N) is 2. The van der Waals surface area contributed by atoms with Crippen LogP contribution in [0, 0.1) is 0 Å². The number of nitrogens with two attached hydrogens (primary N) is 1. The Morgan fingerprint density at radius 1 is 1.33 bits per heavy atom. The first-order chi connectivity index (χ1) is 8.81. The van der Waals surface area contributed by atoms with Crippen molar-refractivity contribution in [3.8, 4) is 5.75 Å². The molecule has 3 N–H and O–H groups in total. The molecule has 5 nitrogen and oxygen atoms in total. The summed E-state index contributed by atoms with van der Waals surface area (Å²) >= 11 is 0. The Bertz CT molecular complexity index is 468. The Balaban J connectivity index is 2.01. The first-order valence-corrected chi connectivity index (χ1v) is 5.70. The molecule has 0 atom stereocenters. The van der Waals surface area contributed by atoms with Crippen molar-refractivity contribution in [2.45, 2.75) is 13.1 Å². The molecule has 18 heavy (non-hydrogen) atoms. The number of nitrogens with one attached hydrogen (secondary N) is 1. The van der Waals surface area contributed by atoms with E-state index in [0.717, 1.165) is 17.0 Å². The summed E-state index contributed by atoms with van der Waals surface area (Å²) in [5.41, 5.74) is 7.45. The standard InChI is InChI=1S/C13H16N4O/c1-18-12-4-2-3-10(7-12)9-16-13-15-6-5-11(8-14)17-13/h2-7H,8-9,14H2,1H3,(H,15,16,17). The van der Waals surface area contributed by atoms with Crippen molar-refractivity contribution in [2.24, 2.45) is 5.73 Å². The van der Waals surface area contributed by atoms with Crippen molar-refractivity contribution in [1.29, 1.82) is 0 Å². The van der Waals surface area contributed by atoms with Crippen LogP contribution in [0.3, 0.4) is 0 Å². The number of aromatic nitrogens is 2. The molecule has 5 heteroatoms. The van der Waals surface area contributed by atoms with Crippen LogP contribution in [-0.4, -0.2) is 17.1 Å². The minimum absolute atomic E-state index is 0.413. The van der Waals surface area contributed by atoms with Gasteiger partial charge in [-0.3, -0.25) is 0 Å². The monoisotopic (exact) mass is 244 g/mol. The highest BCUT2D eigenvalue weighted by molar-refractivity contribution is 5.32. The van der Waals surface area contributed by atoms with E-state index < -0.39 is 0 Å². The molecule has 0 unspecified atom stereocenters. The maximum atomic E-state index is 5.53. The van der Waals surface area contributed by atoms with E-state index in [1.165, 1.54) is 0 Å². The van der Waals surface area contributed by atoms with E-state index >= 15 is 0 Å². The zero-order valence-corrected chi connectivity index (χ0v) is 10.3. The second-order valence-electron chi connectivity index (χ2n) is 3.78. The molecule has 1 aromatic heterocycles. The summed E-state index contributed by atoms with van der Waals surface area (Å²) in [5, 5.41) is 3.15. The van der Waals surface area contributed by atoms with Gasteiger partial charge in [-0.2, -0.15) is 0 Å². The Labute approximate surface area is 106 Å². The van der Waals surface area contributed by atoms with Gasteiger partial charge in [-0.05, 0) is 23.8 Å². The SMILES string of the molecule is COc1cccc(CNc2nccc(CN)n2)c1. The van der Waals surface area contributed by atoms with E-state index in [1.807, 2.05) is 24.3 Å². The zero-order chi connectivity index (χ0) is 12.8. The van der Waals surface area contributed by atoms with Crippen molar-refractivity contribution < 1.29 is 4.74 Å². The summed E-state index contributed by atoms with van der Waals surface area (Å²) in [7, 11) is 1.65. The van der Waals surface area contributed by atoms with E-state index in [-0.39, 0.29) is 0 Å². The summed E-state index contributed by atoms with van der Waals surface area (Å²) in [5.74, 6) is 1.42. The lowest BCUT2D eigenvalue weighted by Crippen LogP contribution is -2.07. The van der Waals surface area contributed by atoms with Gasteiger partial charge in [0.15, 0.2) is 0 Å². The maximum Gasteiger partial charge on any atom is 0.223 e. The van der Waals surface area contributed by atoms with Gasteiger partial charge in [0.25, 0.3) is 0 Å². The number of benzene rings is 1. The molecule has 0 amide bonds. The molecule has 0 bridgehead atoms. The van der Waals surface area contributed by atoms with Crippen molar-refractivity contribution in [3.05, 3.63) is 47.8 Å². The van der Waals surface area contributed by atoms with Gasteiger partial charge < -0.3 is 15.8 Å². The molecule has 0 radical (unpaired) electrons. The minimum atomic E-state index is 0.413. The number of anilines is 1. The van der Waals surface area contributed by atoms with Crippen LogP contribution in [-0.2, 0) is 13.1 Å². The third-order valence-electron chi connectivity index (χ3n) is 2.51. The number of hydrogen-bond donors (Lipinski definition) is 2. The highest BCUT2D eigenvalue weighted by Gasteiger charge is 1.99. The van der Waals surface area contributed by atoms with Crippen molar-refractivity contribution in [1.82, 2.24) is 9.97 Å². The second-order valence-corrected chi connectivity index (χ2v) is 3.78. The number of hydrogen-bond acceptors (Lipinski definition) is 5. The lowest BCUT2D eigenvalue weighted by molar-refractivity contribution is 0.414. The Kier molecular flexibility index (Phi) is 4.09. The van der Waals surface area contributed by atoms with Gasteiger partial charge in [-0.25, -0.2) is 9.97 Å². The fourth-order valence-corrected chi connectivity index (χ4v) is 1.56. The molecule has 0 fully saturated rings. The van der Waals surface area contributed by atoms with Crippen molar-refractivity contribution >= 4 is 5.95 Å². The van der Waals surface area contributed by atoms with E-state index in [4.69, 9.17) is 10.5 Å². The molecular weight excluding hydrogens is 228 g/mol. The van der Waals surface area contributed by atoms with Gasteiger partial charge in [-0.15, -0.1) is 0 Å². The average molecular weight is 244 g/mol. The summed E-state index contributed by atoms with van der Waals surface area (Å²) in [6.45, 7) is 1.06. The molecule has 0 aliphatic carbocycles. The van der Waals surface area contributed by atoms with E-state index in [0.29, 0.717) is 19.0 Å². The summed E-state index contributed by atoms with van der Waals surface area (Å²) in [4.78, 5) is 8.41. The molecule has 1 heterocycles. The van der Waals surface area contributed by atoms with Crippen LogP contribution in [0.4, 0.5) is 5.95 Å². The molecular formula is C13H16N4O. The zero-order valence-electron chi connectivity index (χ0n) is 10.3. The smallest absolute Gasteiger partial charge is 0.223 e. The first-order valence-electron chi connectivity index (χ1n) is 5.70. The lowest BCUT2D eigenvalue weighted by Gasteiger charge is -2.07. The van der Waals surface area contributed by atoms with Crippen LogP contribution in [0.5, 0.6) is 5.75 Å². The largest absolute Gasteiger partial charge is 0.497 e. The first kappa shape index (κ1) is 12.3. The number of rotatable bonds is 5.